The number of carbonyl (C=O) groups excluding carboxylic acids is 1. The zero-order valence-corrected chi connectivity index (χ0v) is 21.6. The number of amides is 1. The van der Waals surface area contributed by atoms with Gasteiger partial charge in [-0.3, -0.25) is 4.79 Å². The zero-order chi connectivity index (χ0) is 25.0. The maximum Gasteiger partial charge on any atom is 0.279 e. The maximum atomic E-state index is 12.5. The average molecular weight is 533 g/mol. The van der Waals surface area contributed by atoms with E-state index >= 15 is 0 Å². The van der Waals surface area contributed by atoms with Crippen molar-refractivity contribution in [3.05, 3.63) is 70.2 Å². The quantitative estimate of drug-likeness (QED) is 0.364. The largest absolute Gasteiger partial charge is 0.493 e. The first-order valence-corrected chi connectivity index (χ1v) is 14.1. The second-order valence-corrected chi connectivity index (χ2v) is 11.8. The van der Waals surface area contributed by atoms with Crippen molar-refractivity contribution >= 4 is 44.8 Å². The van der Waals surface area contributed by atoms with Gasteiger partial charge in [0.2, 0.25) is 0 Å². The van der Waals surface area contributed by atoms with Gasteiger partial charge in [0.05, 0.1) is 21.4 Å². The van der Waals surface area contributed by atoms with Gasteiger partial charge in [0.25, 0.3) is 11.1 Å². The average Bonchev–Trinajstić information content (AvgIpc) is 3.54. The third kappa shape index (κ3) is 7.30. The molecular weight excluding hydrogens is 508 g/mol. The highest BCUT2D eigenvalue weighted by Gasteiger charge is 2.22. The zero-order valence-electron chi connectivity index (χ0n) is 19.2. The number of ether oxygens (including phenoxy) is 2. The van der Waals surface area contributed by atoms with E-state index in [0.717, 1.165) is 16.9 Å². The van der Waals surface area contributed by atoms with Crippen LogP contribution in [0.15, 0.2) is 59.6 Å². The molecule has 0 unspecified atom stereocenters. The molecule has 1 aromatic heterocycles. The van der Waals surface area contributed by atoms with E-state index in [4.69, 9.17) is 21.1 Å². The molecule has 2 aromatic carbocycles. The van der Waals surface area contributed by atoms with Gasteiger partial charge in [0, 0.05) is 30.1 Å². The molecule has 1 saturated carbocycles. The summed E-state index contributed by atoms with van der Waals surface area (Å²) in [5, 5.41) is 3.71. The summed E-state index contributed by atoms with van der Waals surface area (Å²) in [5.41, 5.74) is 0.280. The van der Waals surface area contributed by atoms with Gasteiger partial charge in [-0.1, -0.05) is 35.1 Å². The highest BCUT2D eigenvalue weighted by Crippen LogP contribution is 2.35. The van der Waals surface area contributed by atoms with Crippen LogP contribution in [0.5, 0.6) is 16.7 Å². The fraction of sp³-hybridized carbons (Fsp3) is 0.280. The highest BCUT2D eigenvalue weighted by molar-refractivity contribution is 7.90. The summed E-state index contributed by atoms with van der Waals surface area (Å²) in [5.74, 6) is 1.51. The van der Waals surface area contributed by atoms with Crippen LogP contribution >= 0.6 is 22.9 Å². The van der Waals surface area contributed by atoms with E-state index in [1.54, 1.807) is 30.5 Å². The topological polar surface area (TPSA) is 94.6 Å². The number of benzene rings is 2. The second-order valence-electron chi connectivity index (χ2n) is 8.40. The molecule has 0 spiro atoms. The Hall–Kier alpha value is -2.88. The Morgan fingerprint density at radius 2 is 2.09 bits per heavy atom. The fourth-order valence-corrected chi connectivity index (χ4v) is 4.65. The van der Waals surface area contributed by atoms with E-state index in [1.165, 1.54) is 36.3 Å². The number of nitrogens with zero attached hydrogens (tertiary/aromatic N) is 1. The number of halogens is 1. The van der Waals surface area contributed by atoms with Gasteiger partial charge < -0.3 is 14.8 Å². The molecule has 1 atom stereocenters. The number of hydrogen-bond acceptors (Lipinski definition) is 7. The van der Waals surface area contributed by atoms with Gasteiger partial charge in [-0.15, -0.1) is 0 Å². The number of thiazole rings is 1. The van der Waals surface area contributed by atoms with E-state index in [0.29, 0.717) is 28.5 Å². The molecule has 7 nitrogen and oxygen atoms in total. The Balaban J connectivity index is 1.32. The Labute approximate surface area is 213 Å². The first-order valence-electron chi connectivity index (χ1n) is 11.0. The van der Waals surface area contributed by atoms with E-state index in [9.17, 15) is 13.2 Å². The number of nitrogens with one attached hydrogen (secondary N) is 1. The Bertz CT molecular complexity index is 1350. The Morgan fingerprint density at radius 1 is 1.29 bits per heavy atom. The normalized spacial score (nSPS) is 14.6. The van der Waals surface area contributed by atoms with Crippen molar-refractivity contribution in [2.75, 3.05) is 12.9 Å². The van der Waals surface area contributed by atoms with Crippen LogP contribution in [0.25, 0.3) is 6.08 Å². The molecule has 35 heavy (non-hydrogen) atoms. The van der Waals surface area contributed by atoms with Crippen LogP contribution in [-0.2, 0) is 9.84 Å². The number of sulfone groups is 1. The Morgan fingerprint density at radius 3 is 2.80 bits per heavy atom. The van der Waals surface area contributed by atoms with Crippen molar-refractivity contribution < 1.29 is 22.7 Å². The van der Waals surface area contributed by atoms with Crippen LogP contribution in [0, 0.1) is 5.92 Å². The lowest BCUT2D eigenvalue weighted by atomic mass is 10.2. The molecule has 0 saturated heterocycles. The van der Waals surface area contributed by atoms with Gasteiger partial charge >= 0.3 is 0 Å². The molecule has 184 valence electrons. The van der Waals surface area contributed by atoms with Crippen molar-refractivity contribution in [1.29, 1.82) is 0 Å². The summed E-state index contributed by atoms with van der Waals surface area (Å²) in [4.78, 5) is 17.7. The molecule has 1 N–H and O–H groups in total. The van der Waals surface area contributed by atoms with Crippen LogP contribution in [-0.4, -0.2) is 38.2 Å². The van der Waals surface area contributed by atoms with Crippen LogP contribution in [0.4, 0.5) is 0 Å². The Kier molecular flexibility index (Phi) is 7.78. The van der Waals surface area contributed by atoms with Crippen molar-refractivity contribution in [1.82, 2.24) is 10.3 Å². The van der Waals surface area contributed by atoms with E-state index < -0.39 is 9.84 Å². The van der Waals surface area contributed by atoms with Crippen LogP contribution < -0.4 is 14.8 Å². The lowest BCUT2D eigenvalue weighted by Gasteiger charge is -2.10. The standard InChI is InChI=1S/C25H25ClN2O5S2/c1-16(28-24(29)18-4-3-5-21(12-18)35(2,30)31)6-10-20-14-27-25(34-20)33-23-11-9-19(13-22(23)26)32-15-17-7-8-17/h3-6,9-14,16-17H,7-8,15H2,1-2H3,(H,28,29)/b10-6+/t16-/m0/s1. The van der Waals surface area contributed by atoms with Crippen molar-refractivity contribution in [2.45, 2.75) is 30.7 Å². The van der Waals surface area contributed by atoms with E-state index in [2.05, 4.69) is 10.3 Å². The lowest BCUT2D eigenvalue weighted by molar-refractivity contribution is 0.0947. The molecule has 0 radical (unpaired) electrons. The van der Waals surface area contributed by atoms with Crippen molar-refractivity contribution in [2.24, 2.45) is 5.92 Å². The molecule has 4 rings (SSSR count). The van der Waals surface area contributed by atoms with Crippen LogP contribution in [0.3, 0.4) is 0 Å². The van der Waals surface area contributed by atoms with Crippen molar-refractivity contribution in [3.63, 3.8) is 0 Å². The smallest absolute Gasteiger partial charge is 0.279 e. The summed E-state index contributed by atoms with van der Waals surface area (Å²) in [6, 6.07) is 11.0. The number of hydrogen-bond donors (Lipinski definition) is 1. The predicted molar refractivity (Wildman–Crippen MR) is 137 cm³/mol. The summed E-state index contributed by atoms with van der Waals surface area (Å²) in [6.07, 6.45) is 8.87. The van der Waals surface area contributed by atoms with Gasteiger partial charge in [-0.2, -0.15) is 0 Å². The first-order chi connectivity index (χ1) is 16.7. The SMILES string of the molecule is C[C@@H](/C=C/c1cnc(Oc2ccc(OCC3CC3)cc2Cl)s1)NC(=O)c1cccc(S(C)(=O)=O)c1. The lowest BCUT2D eigenvalue weighted by Crippen LogP contribution is -2.31. The molecule has 1 fully saturated rings. The monoisotopic (exact) mass is 532 g/mol. The van der Waals surface area contributed by atoms with Gasteiger partial charge in [-0.25, -0.2) is 13.4 Å². The minimum absolute atomic E-state index is 0.103. The van der Waals surface area contributed by atoms with Crippen LogP contribution in [0.2, 0.25) is 5.02 Å². The van der Waals surface area contributed by atoms with Gasteiger partial charge in [0.1, 0.15) is 11.5 Å². The molecule has 10 heteroatoms. The highest BCUT2D eigenvalue weighted by atomic mass is 35.5. The number of rotatable bonds is 10. The minimum Gasteiger partial charge on any atom is -0.493 e. The number of carbonyl (C=O) groups is 1. The fourth-order valence-electron chi connectivity index (χ4n) is 3.09. The molecule has 1 aliphatic carbocycles. The number of aromatic nitrogens is 1. The maximum absolute atomic E-state index is 12.5. The third-order valence-corrected chi connectivity index (χ3v) is 7.46. The van der Waals surface area contributed by atoms with Gasteiger partial charge in [-0.05, 0) is 62.1 Å². The third-order valence-electron chi connectivity index (χ3n) is 5.22. The molecule has 1 aliphatic rings. The summed E-state index contributed by atoms with van der Waals surface area (Å²) >= 11 is 7.67. The van der Waals surface area contributed by atoms with Crippen molar-refractivity contribution in [3.8, 4) is 16.7 Å². The second kappa shape index (κ2) is 10.8. The van der Waals surface area contributed by atoms with Crippen LogP contribution in [0.1, 0.15) is 35.0 Å². The predicted octanol–water partition coefficient (Wildman–Crippen LogP) is 5.61. The van der Waals surface area contributed by atoms with Gasteiger partial charge in [0.15, 0.2) is 9.84 Å². The summed E-state index contributed by atoms with van der Waals surface area (Å²) in [7, 11) is -3.39. The molecule has 0 bridgehead atoms. The summed E-state index contributed by atoms with van der Waals surface area (Å²) in [6.45, 7) is 2.53. The first kappa shape index (κ1) is 25.2. The van der Waals surface area contributed by atoms with E-state index in [1.807, 2.05) is 25.1 Å². The molecular formula is C25H25ClN2O5S2. The molecule has 1 heterocycles. The molecule has 0 aliphatic heterocycles. The minimum atomic E-state index is -3.39. The molecule has 3 aromatic rings. The molecule has 1 amide bonds. The van der Waals surface area contributed by atoms with E-state index in [-0.39, 0.29) is 22.4 Å². The summed E-state index contributed by atoms with van der Waals surface area (Å²) < 4.78 is 35.0.